The second-order valence-corrected chi connectivity index (χ2v) is 5.10. The zero-order chi connectivity index (χ0) is 16.4. The lowest BCUT2D eigenvalue weighted by Crippen LogP contribution is -2.41. The van der Waals surface area contributed by atoms with Crippen LogP contribution in [0.1, 0.15) is 0 Å². The van der Waals surface area contributed by atoms with Gasteiger partial charge in [0, 0.05) is 6.20 Å². The number of hydrogen-bond acceptors (Lipinski definition) is 4. The maximum absolute atomic E-state index is 13.2. The quantitative estimate of drug-likeness (QED) is 0.816. The van der Waals surface area contributed by atoms with E-state index in [0.717, 1.165) is 11.8 Å². The van der Waals surface area contributed by atoms with Gasteiger partial charge in [0.2, 0.25) is 5.91 Å². The molecule has 116 valence electrons. The van der Waals surface area contributed by atoms with Gasteiger partial charge in [-0.1, -0.05) is 18.2 Å². The molecule has 0 fully saturated rings. The van der Waals surface area contributed by atoms with Gasteiger partial charge in [-0.15, -0.1) is 0 Å². The molecule has 0 radical (unpaired) electrons. The number of carbonyl (C=O) groups excluding carboxylic acids is 1. The predicted octanol–water partition coefficient (Wildman–Crippen LogP) is 2.31. The Kier molecular flexibility index (Phi) is 4.03. The van der Waals surface area contributed by atoms with Gasteiger partial charge >= 0.3 is 0 Å². The lowest BCUT2D eigenvalue weighted by atomic mass is 10.0. The van der Waals surface area contributed by atoms with E-state index in [0.29, 0.717) is 17.4 Å². The number of nitrogens with one attached hydrogen (secondary N) is 2. The van der Waals surface area contributed by atoms with Crippen molar-refractivity contribution in [1.29, 1.82) is 0 Å². The molecule has 1 atom stereocenters. The van der Waals surface area contributed by atoms with Crippen LogP contribution in [0.3, 0.4) is 0 Å². The molecule has 1 amide bonds. The average molecular weight is 332 g/mol. The molecule has 23 heavy (non-hydrogen) atoms. The van der Waals surface area contributed by atoms with Crippen molar-refractivity contribution in [3.8, 4) is 0 Å². The van der Waals surface area contributed by atoms with E-state index in [9.17, 15) is 9.18 Å². The van der Waals surface area contributed by atoms with Gasteiger partial charge in [-0.25, -0.2) is 19.4 Å². The van der Waals surface area contributed by atoms with Crippen molar-refractivity contribution in [1.82, 2.24) is 10.6 Å². The van der Waals surface area contributed by atoms with Crippen molar-refractivity contribution in [2.75, 3.05) is 0 Å². The molecule has 0 aliphatic carbocycles. The molecule has 2 N–H and O–H groups in total. The molecule has 0 saturated heterocycles. The van der Waals surface area contributed by atoms with Gasteiger partial charge in [0.05, 0.1) is 22.7 Å². The standard InChI is InChI=1S/C15H11ClFN5O/c1-2-12(23)22-14-13-11(6-18-14)19-7-20-15(13)21-8-3-4-10(17)9(16)5-8/h2-7,13H,1H2,(H,18,22,23)(H,19,20,21). The van der Waals surface area contributed by atoms with Gasteiger partial charge in [-0.2, -0.15) is 0 Å². The molecule has 8 heteroatoms. The molecule has 0 aromatic heterocycles. The summed E-state index contributed by atoms with van der Waals surface area (Å²) in [5.41, 5.74) is 1.18. The summed E-state index contributed by atoms with van der Waals surface area (Å²) in [6, 6.07) is 4.12. The lowest BCUT2D eigenvalue weighted by molar-refractivity contribution is -0.115. The number of hydrogen-bond donors (Lipinski definition) is 2. The van der Waals surface area contributed by atoms with Crippen LogP contribution in [-0.4, -0.2) is 23.9 Å². The Morgan fingerprint density at radius 3 is 3.09 bits per heavy atom. The predicted molar refractivity (Wildman–Crippen MR) is 87.5 cm³/mol. The molecule has 2 aliphatic rings. The van der Waals surface area contributed by atoms with Crippen molar-refractivity contribution >= 4 is 41.2 Å². The summed E-state index contributed by atoms with van der Waals surface area (Å²) >= 11 is 5.76. The summed E-state index contributed by atoms with van der Waals surface area (Å²) in [6.07, 6.45) is 4.21. The van der Waals surface area contributed by atoms with Crippen LogP contribution in [0.4, 0.5) is 10.1 Å². The highest BCUT2D eigenvalue weighted by atomic mass is 35.5. The highest BCUT2D eigenvalue weighted by molar-refractivity contribution is 6.31. The fourth-order valence-corrected chi connectivity index (χ4v) is 2.30. The van der Waals surface area contributed by atoms with Crippen LogP contribution in [0.2, 0.25) is 5.02 Å². The first kappa shape index (κ1) is 15.1. The summed E-state index contributed by atoms with van der Waals surface area (Å²) in [5.74, 6) is -0.546. The van der Waals surface area contributed by atoms with Crippen LogP contribution >= 0.6 is 11.6 Å². The summed E-state index contributed by atoms with van der Waals surface area (Å²) in [4.78, 5) is 24.2. The topological polar surface area (TPSA) is 78.2 Å². The normalized spacial score (nSPS) is 20.4. The number of nitrogens with zero attached hydrogens (tertiary/aromatic N) is 3. The van der Waals surface area contributed by atoms with Crippen LogP contribution in [0.5, 0.6) is 0 Å². The third-order valence-electron chi connectivity index (χ3n) is 3.20. The smallest absolute Gasteiger partial charge is 0.248 e. The van der Waals surface area contributed by atoms with Gasteiger partial charge in [0.25, 0.3) is 0 Å². The summed E-state index contributed by atoms with van der Waals surface area (Å²) in [7, 11) is 0. The number of amides is 1. The molecule has 2 aliphatic heterocycles. The third-order valence-corrected chi connectivity index (χ3v) is 3.49. The Hall–Kier alpha value is -2.80. The molecule has 1 aromatic rings. The van der Waals surface area contributed by atoms with E-state index in [1.165, 1.54) is 24.5 Å². The van der Waals surface area contributed by atoms with Crippen LogP contribution in [-0.2, 0) is 4.79 Å². The number of rotatable bonds is 2. The zero-order valence-electron chi connectivity index (χ0n) is 11.8. The largest absolute Gasteiger partial charge is 0.347 e. The fraction of sp³-hybridized carbons (Fsp3) is 0.0667. The molecule has 0 bridgehead atoms. The van der Waals surface area contributed by atoms with Gasteiger partial charge in [-0.05, 0) is 24.3 Å². The van der Waals surface area contributed by atoms with E-state index >= 15 is 0 Å². The van der Waals surface area contributed by atoms with Crippen LogP contribution < -0.4 is 10.6 Å². The maximum Gasteiger partial charge on any atom is 0.248 e. The minimum absolute atomic E-state index is 0.0270. The first-order valence-corrected chi connectivity index (χ1v) is 7.00. The Balaban J connectivity index is 1.94. The van der Waals surface area contributed by atoms with Gasteiger partial charge < -0.3 is 10.6 Å². The van der Waals surface area contributed by atoms with Crippen molar-refractivity contribution in [2.24, 2.45) is 20.9 Å². The highest BCUT2D eigenvalue weighted by Crippen LogP contribution is 2.26. The summed E-state index contributed by atoms with van der Waals surface area (Å²) in [5, 5.41) is 5.55. The minimum Gasteiger partial charge on any atom is -0.347 e. The Bertz CT molecular complexity index is 812. The monoisotopic (exact) mass is 331 g/mol. The minimum atomic E-state index is -0.522. The van der Waals surface area contributed by atoms with E-state index in [2.05, 4.69) is 32.2 Å². The molecule has 0 saturated carbocycles. The summed E-state index contributed by atoms with van der Waals surface area (Å²) in [6.45, 7) is 3.40. The van der Waals surface area contributed by atoms with Crippen molar-refractivity contribution in [2.45, 2.75) is 0 Å². The van der Waals surface area contributed by atoms with E-state index in [1.807, 2.05) is 0 Å². The molecule has 3 rings (SSSR count). The molecular weight excluding hydrogens is 321 g/mol. The van der Waals surface area contributed by atoms with Gasteiger partial charge in [0.15, 0.2) is 0 Å². The lowest BCUT2D eigenvalue weighted by Gasteiger charge is -2.20. The number of benzene rings is 1. The Morgan fingerprint density at radius 2 is 2.35 bits per heavy atom. The van der Waals surface area contributed by atoms with Gasteiger partial charge in [0.1, 0.15) is 23.4 Å². The molecule has 1 unspecified atom stereocenters. The third kappa shape index (κ3) is 3.04. The van der Waals surface area contributed by atoms with Crippen molar-refractivity contribution < 1.29 is 9.18 Å². The first-order chi connectivity index (χ1) is 11.1. The molecular formula is C15H11ClFN5O. The van der Waals surface area contributed by atoms with Crippen molar-refractivity contribution in [3.63, 3.8) is 0 Å². The summed E-state index contributed by atoms with van der Waals surface area (Å²) < 4.78 is 13.2. The second kappa shape index (κ2) is 6.13. The number of carbonyl (C=O) groups is 1. The molecule has 0 spiro atoms. The fourth-order valence-electron chi connectivity index (χ4n) is 2.13. The average Bonchev–Trinajstić information content (AvgIpc) is 2.95. The van der Waals surface area contributed by atoms with E-state index in [1.54, 1.807) is 6.20 Å². The van der Waals surface area contributed by atoms with E-state index < -0.39 is 11.7 Å². The molecule has 1 aromatic carbocycles. The van der Waals surface area contributed by atoms with Crippen LogP contribution in [0.25, 0.3) is 0 Å². The Labute approximate surface area is 136 Å². The molecule has 2 heterocycles. The first-order valence-electron chi connectivity index (χ1n) is 6.62. The van der Waals surface area contributed by atoms with Crippen LogP contribution in [0, 0.1) is 11.7 Å². The highest BCUT2D eigenvalue weighted by Gasteiger charge is 2.33. The van der Waals surface area contributed by atoms with Gasteiger partial charge in [-0.3, -0.25) is 4.79 Å². The maximum atomic E-state index is 13.2. The van der Waals surface area contributed by atoms with E-state index in [-0.39, 0.29) is 10.9 Å². The molecule has 6 nitrogen and oxygen atoms in total. The Morgan fingerprint density at radius 1 is 1.52 bits per heavy atom. The number of amidine groups is 2. The zero-order valence-corrected chi connectivity index (χ0v) is 12.5. The van der Waals surface area contributed by atoms with Crippen molar-refractivity contribution in [3.05, 3.63) is 53.6 Å². The van der Waals surface area contributed by atoms with Crippen LogP contribution in [0.15, 0.2) is 57.7 Å². The number of fused-ring (bicyclic) bond motifs is 1. The number of halogens is 2. The second-order valence-electron chi connectivity index (χ2n) is 4.70. The SMILES string of the molecule is C=CC(=O)NC1=NC=C2NC=NC(=Nc3ccc(F)c(Cl)c3)C21. The van der Waals surface area contributed by atoms with E-state index in [4.69, 9.17) is 11.6 Å². The number of aliphatic imine (C=N–C) groups is 3.